The summed E-state index contributed by atoms with van der Waals surface area (Å²) in [5, 5.41) is 2.70. The zero-order chi connectivity index (χ0) is 23.4. The number of carbonyl (C=O) groups is 1. The van der Waals surface area contributed by atoms with Crippen molar-refractivity contribution in [3.8, 4) is 0 Å². The van der Waals surface area contributed by atoms with Crippen molar-refractivity contribution in [2.45, 2.75) is 18.2 Å². The van der Waals surface area contributed by atoms with Gasteiger partial charge in [-0.15, -0.1) is 11.8 Å². The predicted molar refractivity (Wildman–Crippen MR) is 137 cm³/mol. The highest BCUT2D eigenvalue weighted by Crippen LogP contribution is 2.56. The molecule has 0 spiro atoms. The lowest BCUT2D eigenvalue weighted by Crippen LogP contribution is -2.48. The van der Waals surface area contributed by atoms with E-state index in [1.165, 1.54) is 11.1 Å². The Morgan fingerprint density at radius 2 is 1.44 bits per heavy atom. The first-order valence-corrected chi connectivity index (χ1v) is 12.3. The van der Waals surface area contributed by atoms with Crippen molar-refractivity contribution in [3.05, 3.63) is 130 Å². The Balaban J connectivity index is 1.41. The van der Waals surface area contributed by atoms with Crippen LogP contribution in [0.4, 0.5) is 5.82 Å². The van der Waals surface area contributed by atoms with Gasteiger partial charge in [0, 0.05) is 22.9 Å². The summed E-state index contributed by atoms with van der Waals surface area (Å²) in [6.07, 6.45) is 3.51. The number of amides is 1. The molecule has 1 aliphatic heterocycles. The van der Waals surface area contributed by atoms with E-state index < -0.39 is 0 Å². The number of thioether (sulfide) groups is 1. The fourth-order valence-electron chi connectivity index (χ4n) is 4.55. The van der Waals surface area contributed by atoms with Gasteiger partial charge >= 0.3 is 5.69 Å². The van der Waals surface area contributed by atoms with Gasteiger partial charge in [0.2, 0.25) is 0 Å². The number of nitrogens with one attached hydrogen (secondary N) is 1. The second kappa shape index (κ2) is 9.69. The van der Waals surface area contributed by atoms with Gasteiger partial charge in [-0.1, -0.05) is 78.9 Å². The van der Waals surface area contributed by atoms with Crippen LogP contribution < -0.4 is 11.0 Å². The zero-order valence-corrected chi connectivity index (χ0v) is 19.4. The van der Waals surface area contributed by atoms with Crippen molar-refractivity contribution < 1.29 is 4.79 Å². The maximum atomic E-state index is 13.1. The Hall–Kier alpha value is -3.64. The number of aromatic nitrogens is 2. The number of nitrogens with zero attached hydrogens (tertiary/aromatic N) is 2. The van der Waals surface area contributed by atoms with Gasteiger partial charge in [-0.05, 0) is 42.2 Å². The first-order chi connectivity index (χ1) is 16.6. The Morgan fingerprint density at radius 3 is 1.94 bits per heavy atom. The first kappa shape index (κ1) is 22.2. The second-order valence-corrected chi connectivity index (χ2v) is 9.74. The van der Waals surface area contributed by atoms with Crippen LogP contribution in [-0.4, -0.2) is 21.2 Å². The molecule has 3 aromatic carbocycles. The standard InChI is InChI=1S/C28H25N3O2S/c32-25(23-14-8-3-9-15-23)29-24-16-17-31(27(33)30-24)26-28(20-34-26,18-21-10-4-1-5-11-21)19-22-12-6-2-7-13-22/h1-17,26H,18-20H2,(H,29,30,32,33). The van der Waals surface area contributed by atoms with Crippen LogP contribution in [0.5, 0.6) is 0 Å². The first-order valence-electron chi connectivity index (χ1n) is 11.3. The number of hydrogen-bond acceptors (Lipinski definition) is 4. The molecule has 1 N–H and O–H groups in total. The van der Waals surface area contributed by atoms with E-state index in [1.807, 2.05) is 18.2 Å². The topological polar surface area (TPSA) is 64.0 Å². The average Bonchev–Trinajstić information content (AvgIpc) is 2.86. The predicted octanol–water partition coefficient (Wildman–Crippen LogP) is 5.21. The molecule has 5 nitrogen and oxygen atoms in total. The molecular formula is C28H25N3O2S. The lowest BCUT2D eigenvalue weighted by molar-refractivity contribution is 0.102. The van der Waals surface area contributed by atoms with Crippen LogP contribution in [0, 0.1) is 5.41 Å². The van der Waals surface area contributed by atoms with Crippen LogP contribution in [-0.2, 0) is 12.8 Å². The molecule has 0 radical (unpaired) electrons. The van der Waals surface area contributed by atoms with Gasteiger partial charge in [0.05, 0.1) is 5.37 Å². The van der Waals surface area contributed by atoms with E-state index in [-0.39, 0.29) is 28.2 Å². The molecule has 1 atom stereocenters. The molecule has 34 heavy (non-hydrogen) atoms. The lowest BCUT2D eigenvalue weighted by atomic mass is 9.76. The smallest absolute Gasteiger partial charge is 0.306 e. The zero-order valence-electron chi connectivity index (χ0n) is 18.6. The normalized spacial score (nSPS) is 16.4. The largest absolute Gasteiger partial charge is 0.350 e. The molecule has 0 bridgehead atoms. The summed E-state index contributed by atoms with van der Waals surface area (Å²) in [7, 11) is 0. The summed E-state index contributed by atoms with van der Waals surface area (Å²) in [6, 6.07) is 31.5. The molecule has 0 aliphatic carbocycles. The quantitative estimate of drug-likeness (QED) is 0.405. The van der Waals surface area contributed by atoms with Gasteiger partial charge in [-0.3, -0.25) is 9.36 Å². The third-order valence-electron chi connectivity index (χ3n) is 6.21. The summed E-state index contributed by atoms with van der Waals surface area (Å²) in [6.45, 7) is 0. The maximum absolute atomic E-state index is 13.1. The van der Waals surface area contributed by atoms with Crippen molar-refractivity contribution >= 4 is 23.5 Å². The number of anilines is 1. The van der Waals surface area contributed by atoms with Crippen LogP contribution >= 0.6 is 11.8 Å². The molecule has 1 aliphatic rings. The molecule has 1 saturated heterocycles. The molecule has 4 aromatic rings. The van der Waals surface area contributed by atoms with E-state index in [0.29, 0.717) is 5.56 Å². The number of benzene rings is 3. The summed E-state index contributed by atoms with van der Waals surface area (Å²) in [5.41, 5.74) is 2.59. The molecule has 6 heteroatoms. The van der Waals surface area contributed by atoms with Crippen molar-refractivity contribution in [2.24, 2.45) is 5.41 Å². The van der Waals surface area contributed by atoms with Crippen molar-refractivity contribution in [3.63, 3.8) is 0 Å². The van der Waals surface area contributed by atoms with Gasteiger partial charge in [0.15, 0.2) is 0 Å². The number of hydrogen-bond donors (Lipinski definition) is 1. The molecule has 1 unspecified atom stereocenters. The molecule has 170 valence electrons. The van der Waals surface area contributed by atoms with Gasteiger partial charge in [0.25, 0.3) is 5.91 Å². The van der Waals surface area contributed by atoms with E-state index in [4.69, 9.17) is 0 Å². The Morgan fingerprint density at radius 1 is 0.882 bits per heavy atom. The molecule has 1 amide bonds. The van der Waals surface area contributed by atoms with Crippen molar-refractivity contribution in [1.29, 1.82) is 0 Å². The highest BCUT2D eigenvalue weighted by molar-refractivity contribution is 8.00. The van der Waals surface area contributed by atoms with E-state index >= 15 is 0 Å². The summed E-state index contributed by atoms with van der Waals surface area (Å²) in [5.74, 6) is 0.933. The third kappa shape index (κ3) is 4.68. The van der Waals surface area contributed by atoms with Crippen molar-refractivity contribution in [2.75, 3.05) is 11.1 Å². The van der Waals surface area contributed by atoms with E-state index in [9.17, 15) is 9.59 Å². The molecular weight excluding hydrogens is 442 g/mol. The highest BCUT2D eigenvalue weighted by atomic mass is 32.2. The molecule has 2 heterocycles. The summed E-state index contributed by atoms with van der Waals surface area (Å²) >= 11 is 1.77. The average molecular weight is 468 g/mol. The van der Waals surface area contributed by atoms with E-state index in [0.717, 1.165) is 18.6 Å². The number of rotatable bonds is 7. The fraction of sp³-hybridized carbons (Fsp3) is 0.179. The Bertz CT molecular complexity index is 1280. The Kier molecular flexibility index (Phi) is 6.32. The van der Waals surface area contributed by atoms with Crippen LogP contribution in [0.25, 0.3) is 0 Å². The highest BCUT2D eigenvalue weighted by Gasteiger charge is 2.49. The maximum Gasteiger partial charge on any atom is 0.350 e. The minimum absolute atomic E-state index is 0.0354. The molecule has 0 saturated carbocycles. The number of carbonyl (C=O) groups excluding carboxylic acids is 1. The van der Waals surface area contributed by atoms with Crippen LogP contribution in [0.3, 0.4) is 0 Å². The second-order valence-electron chi connectivity index (χ2n) is 8.67. The molecule has 5 rings (SSSR count). The third-order valence-corrected chi connectivity index (χ3v) is 8.00. The fourth-order valence-corrected chi connectivity index (χ4v) is 6.03. The summed E-state index contributed by atoms with van der Waals surface area (Å²) < 4.78 is 1.72. The van der Waals surface area contributed by atoms with E-state index in [2.05, 4.69) is 58.8 Å². The van der Waals surface area contributed by atoms with Crippen LogP contribution in [0.2, 0.25) is 0 Å². The minimum atomic E-state index is -0.353. The van der Waals surface area contributed by atoms with Crippen molar-refractivity contribution in [1.82, 2.24) is 9.55 Å². The SMILES string of the molecule is O=C(Nc1ccn(C2SCC2(Cc2ccccc2)Cc2ccccc2)c(=O)n1)c1ccccc1. The monoisotopic (exact) mass is 467 g/mol. The van der Waals surface area contributed by atoms with Gasteiger partial charge in [0.1, 0.15) is 5.82 Å². The van der Waals surface area contributed by atoms with Crippen LogP contribution in [0.1, 0.15) is 26.9 Å². The van der Waals surface area contributed by atoms with E-state index in [1.54, 1.807) is 52.9 Å². The Labute approximate surface area is 202 Å². The summed E-state index contributed by atoms with van der Waals surface area (Å²) in [4.78, 5) is 29.7. The van der Waals surface area contributed by atoms with Gasteiger partial charge < -0.3 is 5.32 Å². The van der Waals surface area contributed by atoms with Gasteiger partial charge in [-0.2, -0.15) is 4.98 Å². The van der Waals surface area contributed by atoms with Crippen LogP contribution in [0.15, 0.2) is 108 Å². The lowest BCUT2D eigenvalue weighted by Gasteiger charge is -2.50. The van der Waals surface area contributed by atoms with Gasteiger partial charge in [-0.25, -0.2) is 4.79 Å². The molecule has 1 aromatic heterocycles. The minimum Gasteiger partial charge on any atom is -0.306 e. The molecule has 1 fully saturated rings.